The van der Waals surface area contributed by atoms with Crippen LogP contribution < -0.4 is 0 Å². The SMILES string of the molecule is CC(C)(C)c1ccc2c(c1)c1cc(C(C)(C)C)ccc1c1nc(-c3cccc(-c4cc5c#cccc5c5c4oc4ccccc45)c3)cnc21. The van der Waals surface area contributed by atoms with E-state index in [4.69, 9.17) is 14.4 Å². The second kappa shape index (κ2) is 10.4. The van der Waals surface area contributed by atoms with E-state index in [9.17, 15) is 0 Å². The Morgan fingerprint density at radius 1 is 0.592 bits per heavy atom. The molecule has 49 heavy (non-hydrogen) atoms. The number of benzene rings is 6. The van der Waals surface area contributed by atoms with Crippen LogP contribution in [-0.4, -0.2) is 9.97 Å². The molecule has 0 radical (unpaired) electrons. The van der Waals surface area contributed by atoms with Crippen molar-refractivity contribution in [2.75, 3.05) is 0 Å². The lowest BCUT2D eigenvalue weighted by Gasteiger charge is -2.22. The second-order valence-corrected chi connectivity index (χ2v) is 15.3. The molecule has 0 aliphatic carbocycles. The van der Waals surface area contributed by atoms with Gasteiger partial charge in [0, 0.05) is 43.4 Å². The van der Waals surface area contributed by atoms with Crippen molar-refractivity contribution in [3.05, 3.63) is 133 Å². The molecule has 0 aliphatic heterocycles. The summed E-state index contributed by atoms with van der Waals surface area (Å²) in [5.74, 6) is 0. The molecule has 0 fully saturated rings. The van der Waals surface area contributed by atoms with E-state index in [0.29, 0.717) is 0 Å². The van der Waals surface area contributed by atoms with E-state index in [1.54, 1.807) is 0 Å². The number of hydrogen-bond acceptors (Lipinski definition) is 3. The van der Waals surface area contributed by atoms with Crippen LogP contribution in [0.5, 0.6) is 0 Å². The molecule has 9 aromatic rings. The van der Waals surface area contributed by atoms with Crippen molar-refractivity contribution in [1.82, 2.24) is 9.97 Å². The molecule has 0 aliphatic rings. The number of hydrogen-bond donors (Lipinski definition) is 0. The van der Waals surface area contributed by atoms with Gasteiger partial charge in [-0.15, -0.1) is 0 Å². The third-order valence-electron chi connectivity index (χ3n) is 10.0. The summed E-state index contributed by atoms with van der Waals surface area (Å²) < 4.78 is 6.55. The van der Waals surface area contributed by atoms with E-state index < -0.39 is 0 Å². The Morgan fingerprint density at radius 2 is 1.29 bits per heavy atom. The number of rotatable bonds is 2. The van der Waals surface area contributed by atoms with Crippen LogP contribution in [0.1, 0.15) is 52.7 Å². The van der Waals surface area contributed by atoms with E-state index in [-0.39, 0.29) is 10.8 Å². The summed E-state index contributed by atoms with van der Waals surface area (Å²) in [5.41, 5.74) is 10.2. The fourth-order valence-corrected chi connectivity index (χ4v) is 7.30. The van der Waals surface area contributed by atoms with Gasteiger partial charge in [0.05, 0.1) is 22.9 Å². The molecule has 236 valence electrons. The zero-order valence-corrected chi connectivity index (χ0v) is 28.7. The van der Waals surface area contributed by atoms with Crippen molar-refractivity contribution in [1.29, 1.82) is 0 Å². The number of para-hydroxylation sites is 1. The van der Waals surface area contributed by atoms with Crippen LogP contribution in [0.25, 0.3) is 87.7 Å². The average molecular weight is 633 g/mol. The number of nitrogens with zero attached hydrogens (tertiary/aromatic N) is 2. The predicted molar refractivity (Wildman–Crippen MR) is 205 cm³/mol. The maximum atomic E-state index is 6.55. The lowest BCUT2D eigenvalue weighted by molar-refractivity contribution is 0.590. The van der Waals surface area contributed by atoms with Gasteiger partial charge in [-0.1, -0.05) is 114 Å². The van der Waals surface area contributed by atoms with E-state index >= 15 is 0 Å². The quantitative estimate of drug-likeness (QED) is 0.178. The molecule has 2 heterocycles. The predicted octanol–water partition coefficient (Wildman–Crippen LogP) is 12.5. The van der Waals surface area contributed by atoms with Gasteiger partial charge in [-0.25, -0.2) is 4.98 Å². The Labute approximate surface area is 286 Å². The van der Waals surface area contributed by atoms with Crippen LogP contribution in [0.2, 0.25) is 0 Å². The van der Waals surface area contributed by atoms with Crippen molar-refractivity contribution < 1.29 is 4.42 Å². The van der Waals surface area contributed by atoms with E-state index in [1.807, 2.05) is 24.4 Å². The van der Waals surface area contributed by atoms with Crippen molar-refractivity contribution in [2.24, 2.45) is 0 Å². The Bertz CT molecular complexity index is 2790. The highest BCUT2D eigenvalue weighted by atomic mass is 16.3. The highest BCUT2D eigenvalue weighted by Crippen LogP contribution is 2.42. The number of aromatic nitrogens is 2. The Kier molecular flexibility index (Phi) is 6.24. The Balaban J connectivity index is 1.27. The zero-order valence-electron chi connectivity index (χ0n) is 28.7. The fraction of sp³-hybridized carbons (Fsp3) is 0.174. The van der Waals surface area contributed by atoms with Gasteiger partial charge >= 0.3 is 0 Å². The first kappa shape index (κ1) is 29.4. The lowest BCUT2D eigenvalue weighted by Crippen LogP contribution is -2.11. The van der Waals surface area contributed by atoms with E-state index in [0.717, 1.165) is 76.9 Å². The Morgan fingerprint density at radius 3 is 2.02 bits per heavy atom. The molecule has 9 rings (SSSR count). The summed E-state index contributed by atoms with van der Waals surface area (Å²) in [6, 6.07) is 43.2. The first-order valence-electron chi connectivity index (χ1n) is 17.0. The molecule has 0 bridgehead atoms. The molecule has 0 N–H and O–H groups in total. The summed E-state index contributed by atoms with van der Waals surface area (Å²) in [6.45, 7) is 13.6. The van der Waals surface area contributed by atoms with Gasteiger partial charge < -0.3 is 4.42 Å². The monoisotopic (exact) mass is 632 g/mol. The van der Waals surface area contributed by atoms with Crippen molar-refractivity contribution in [3.63, 3.8) is 0 Å². The maximum Gasteiger partial charge on any atom is 0.143 e. The minimum Gasteiger partial charge on any atom is -0.455 e. The standard InChI is InChI=1S/C46H36N2O/c1-45(2,3)30-18-20-33-37(24-30)38-25-31(46(4,5)6)19-21-34(38)43-42(33)47-26-39(48-43)29-14-11-13-27(22-29)36-23-28-12-7-8-15-32(28)41-35-16-9-10-17-40(35)49-44(36)41/h8-11,13-26H,1-6H3. The maximum absolute atomic E-state index is 6.55. The summed E-state index contributed by atoms with van der Waals surface area (Å²) >= 11 is 0. The second-order valence-electron chi connectivity index (χ2n) is 15.3. The van der Waals surface area contributed by atoms with Gasteiger partial charge in [-0.05, 0) is 80.8 Å². The van der Waals surface area contributed by atoms with Crippen molar-refractivity contribution in [2.45, 2.75) is 52.4 Å². The van der Waals surface area contributed by atoms with Gasteiger partial charge in [0.2, 0.25) is 0 Å². The molecular weight excluding hydrogens is 597 g/mol. The van der Waals surface area contributed by atoms with Gasteiger partial charge in [0.1, 0.15) is 11.2 Å². The number of fused-ring (bicyclic) bond motifs is 11. The number of furan rings is 1. The fourth-order valence-electron chi connectivity index (χ4n) is 7.30. The normalized spacial score (nSPS) is 12.5. The minimum atomic E-state index is 0.0227. The molecule has 0 saturated heterocycles. The Hall–Kier alpha value is -5.72. The molecule has 0 unspecified atom stereocenters. The van der Waals surface area contributed by atoms with Crippen molar-refractivity contribution in [3.8, 4) is 22.4 Å². The van der Waals surface area contributed by atoms with Crippen LogP contribution in [0.4, 0.5) is 0 Å². The smallest absolute Gasteiger partial charge is 0.143 e. The molecule has 3 nitrogen and oxygen atoms in total. The molecule has 0 spiro atoms. The molecule has 2 aromatic heterocycles. The third-order valence-corrected chi connectivity index (χ3v) is 10.0. The summed E-state index contributed by atoms with van der Waals surface area (Å²) in [6.07, 6.45) is 1.92. The first-order valence-corrected chi connectivity index (χ1v) is 17.0. The zero-order chi connectivity index (χ0) is 33.7. The molecule has 0 amide bonds. The third kappa shape index (κ3) is 4.66. The molecule has 7 aromatic carbocycles. The van der Waals surface area contributed by atoms with E-state index in [1.165, 1.54) is 21.9 Å². The van der Waals surface area contributed by atoms with Crippen LogP contribution in [0.15, 0.2) is 114 Å². The lowest BCUT2D eigenvalue weighted by atomic mass is 9.83. The summed E-state index contributed by atoms with van der Waals surface area (Å²) in [7, 11) is 0. The topological polar surface area (TPSA) is 38.9 Å². The molecular formula is C46H36N2O. The summed E-state index contributed by atoms with van der Waals surface area (Å²) in [4.78, 5) is 10.5. The van der Waals surface area contributed by atoms with Crippen LogP contribution >= 0.6 is 0 Å². The highest BCUT2D eigenvalue weighted by molar-refractivity contribution is 6.24. The molecule has 0 saturated carbocycles. The van der Waals surface area contributed by atoms with Gasteiger partial charge in [-0.3, -0.25) is 4.98 Å². The average Bonchev–Trinajstić information content (AvgIpc) is 3.50. The largest absolute Gasteiger partial charge is 0.455 e. The van der Waals surface area contributed by atoms with Crippen LogP contribution in [0, 0.1) is 12.1 Å². The van der Waals surface area contributed by atoms with Gasteiger partial charge in [0.25, 0.3) is 0 Å². The molecule has 3 heteroatoms. The first-order chi connectivity index (χ1) is 23.5. The highest BCUT2D eigenvalue weighted by Gasteiger charge is 2.21. The minimum absolute atomic E-state index is 0.0227. The molecule has 0 atom stereocenters. The van der Waals surface area contributed by atoms with Gasteiger partial charge in [-0.2, -0.15) is 0 Å². The van der Waals surface area contributed by atoms with Crippen LogP contribution in [-0.2, 0) is 10.8 Å². The van der Waals surface area contributed by atoms with Crippen molar-refractivity contribution >= 4 is 65.3 Å². The van der Waals surface area contributed by atoms with E-state index in [2.05, 4.69) is 139 Å². The van der Waals surface area contributed by atoms with Crippen LogP contribution in [0.3, 0.4) is 0 Å². The summed E-state index contributed by atoms with van der Waals surface area (Å²) in [5, 5.41) is 9.03. The van der Waals surface area contributed by atoms with Gasteiger partial charge in [0.15, 0.2) is 0 Å².